The van der Waals surface area contributed by atoms with Gasteiger partial charge in [-0.15, -0.1) is 11.3 Å². The van der Waals surface area contributed by atoms with E-state index in [1.807, 2.05) is 13.0 Å². The number of carbonyl (C=O) groups excluding carboxylic acids is 1. The summed E-state index contributed by atoms with van der Waals surface area (Å²) in [6.45, 7) is 1.94. The number of benzene rings is 1. The summed E-state index contributed by atoms with van der Waals surface area (Å²) in [5.74, 6) is 0.00180. The molecule has 110 valence electrons. The zero-order valence-corrected chi connectivity index (χ0v) is 14.7. The molecule has 1 N–H and O–H groups in total. The van der Waals surface area contributed by atoms with Crippen LogP contribution in [0.1, 0.15) is 34.8 Å². The number of hydrogen-bond donors (Lipinski definition) is 1. The smallest absolute Gasteiger partial charge is 0.231 e. The van der Waals surface area contributed by atoms with Crippen LogP contribution in [0.4, 0.5) is 5.69 Å². The van der Waals surface area contributed by atoms with Crippen LogP contribution in [0.3, 0.4) is 0 Å². The van der Waals surface area contributed by atoms with Gasteiger partial charge in [0.15, 0.2) is 0 Å². The zero-order valence-electron chi connectivity index (χ0n) is 11.6. The number of carbonyl (C=O) groups is 1. The molecular formula is C16H15BrClNOS. The van der Waals surface area contributed by atoms with Gasteiger partial charge in [-0.2, -0.15) is 0 Å². The molecule has 1 unspecified atom stereocenters. The molecule has 3 rings (SSSR count). The highest BCUT2D eigenvalue weighted by Crippen LogP contribution is 2.36. The number of thiophene rings is 1. The first-order valence-corrected chi connectivity index (χ1v) is 8.94. The molecule has 0 saturated carbocycles. The quantitative estimate of drug-likeness (QED) is 0.724. The maximum Gasteiger partial charge on any atom is 0.231 e. The van der Waals surface area contributed by atoms with E-state index in [-0.39, 0.29) is 11.8 Å². The number of aryl methyl sites for hydroxylation is 2. The van der Waals surface area contributed by atoms with Gasteiger partial charge in [0.1, 0.15) is 0 Å². The Morgan fingerprint density at radius 1 is 1.48 bits per heavy atom. The molecule has 21 heavy (non-hydrogen) atoms. The molecule has 1 aliphatic rings. The van der Waals surface area contributed by atoms with E-state index >= 15 is 0 Å². The van der Waals surface area contributed by atoms with Crippen molar-refractivity contribution >= 4 is 50.5 Å². The first kappa shape index (κ1) is 15.1. The predicted octanol–water partition coefficient (Wildman–Crippen LogP) is 5.53. The molecule has 5 heteroatoms. The van der Waals surface area contributed by atoms with E-state index in [0.29, 0.717) is 5.02 Å². The van der Waals surface area contributed by atoms with Crippen molar-refractivity contribution in [3.05, 3.63) is 49.1 Å². The minimum absolute atomic E-state index is 0.0491. The van der Waals surface area contributed by atoms with Crippen LogP contribution >= 0.6 is 38.9 Å². The van der Waals surface area contributed by atoms with E-state index in [1.54, 1.807) is 17.4 Å². The number of hydrogen-bond acceptors (Lipinski definition) is 2. The molecule has 0 radical (unpaired) electrons. The van der Waals surface area contributed by atoms with E-state index in [0.717, 1.165) is 35.0 Å². The largest absolute Gasteiger partial charge is 0.324 e. The van der Waals surface area contributed by atoms with Crippen LogP contribution in [-0.4, -0.2) is 5.91 Å². The summed E-state index contributed by atoms with van der Waals surface area (Å²) in [4.78, 5) is 14.0. The van der Waals surface area contributed by atoms with Crippen molar-refractivity contribution in [1.29, 1.82) is 0 Å². The minimum atomic E-state index is -0.0491. The first-order valence-electron chi connectivity index (χ1n) is 6.89. The van der Waals surface area contributed by atoms with E-state index in [4.69, 9.17) is 11.6 Å². The van der Waals surface area contributed by atoms with Gasteiger partial charge in [0.2, 0.25) is 5.91 Å². The number of anilines is 1. The van der Waals surface area contributed by atoms with Gasteiger partial charge in [-0.1, -0.05) is 11.6 Å². The normalized spacial score (nSPS) is 17.4. The van der Waals surface area contributed by atoms with Crippen molar-refractivity contribution in [2.24, 2.45) is 0 Å². The van der Waals surface area contributed by atoms with Crippen LogP contribution < -0.4 is 5.32 Å². The Morgan fingerprint density at radius 3 is 3.10 bits per heavy atom. The minimum Gasteiger partial charge on any atom is -0.324 e. The average molecular weight is 385 g/mol. The fraction of sp³-hybridized carbons (Fsp3) is 0.312. The molecule has 1 aromatic carbocycles. The summed E-state index contributed by atoms with van der Waals surface area (Å²) in [7, 11) is 0. The van der Waals surface area contributed by atoms with Crippen molar-refractivity contribution in [2.45, 2.75) is 32.1 Å². The Morgan fingerprint density at radius 2 is 2.29 bits per heavy atom. The van der Waals surface area contributed by atoms with Gasteiger partial charge in [-0.3, -0.25) is 4.79 Å². The van der Waals surface area contributed by atoms with Gasteiger partial charge >= 0.3 is 0 Å². The summed E-state index contributed by atoms with van der Waals surface area (Å²) in [5.41, 5.74) is 2.91. The molecule has 1 aromatic heterocycles. The van der Waals surface area contributed by atoms with Crippen molar-refractivity contribution in [3.63, 3.8) is 0 Å². The lowest BCUT2D eigenvalue weighted by Gasteiger charge is -2.22. The standard InChI is InChI=1S/C16H15BrClNOS/c1-9-7-12(17)14(8-13(9)18)19-16(20)11-3-2-4-15-10(11)5-6-21-15/h5-8,11H,2-4H2,1H3,(H,19,20). The Bertz CT molecular complexity index is 698. The highest BCUT2D eigenvalue weighted by Gasteiger charge is 2.27. The molecule has 0 bridgehead atoms. The van der Waals surface area contributed by atoms with Gasteiger partial charge in [-0.05, 0) is 76.8 Å². The van der Waals surface area contributed by atoms with Crippen LogP contribution in [0.5, 0.6) is 0 Å². The fourth-order valence-electron chi connectivity index (χ4n) is 2.72. The molecule has 1 aliphatic carbocycles. The summed E-state index contributed by atoms with van der Waals surface area (Å²) in [6, 6.07) is 5.81. The lowest BCUT2D eigenvalue weighted by Crippen LogP contribution is -2.24. The predicted molar refractivity (Wildman–Crippen MR) is 92.5 cm³/mol. The number of nitrogens with one attached hydrogen (secondary N) is 1. The van der Waals surface area contributed by atoms with E-state index < -0.39 is 0 Å². The summed E-state index contributed by atoms with van der Waals surface area (Å²) in [5, 5.41) is 5.75. The lowest BCUT2D eigenvalue weighted by atomic mass is 9.87. The van der Waals surface area contributed by atoms with Gasteiger partial charge in [0, 0.05) is 14.4 Å². The van der Waals surface area contributed by atoms with Gasteiger partial charge in [0.05, 0.1) is 11.6 Å². The molecule has 0 saturated heterocycles. The maximum atomic E-state index is 12.6. The Labute approximate surface area is 141 Å². The van der Waals surface area contributed by atoms with Crippen molar-refractivity contribution in [1.82, 2.24) is 0 Å². The maximum absolute atomic E-state index is 12.6. The lowest BCUT2D eigenvalue weighted by molar-refractivity contribution is -0.117. The van der Waals surface area contributed by atoms with Gasteiger partial charge < -0.3 is 5.32 Å². The Kier molecular flexibility index (Phi) is 4.38. The van der Waals surface area contributed by atoms with Crippen molar-refractivity contribution in [3.8, 4) is 0 Å². The SMILES string of the molecule is Cc1cc(Br)c(NC(=O)C2CCCc3sccc32)cc1Cl. The average Bonchev–Trinajstić information content (AvgIpc) is 2.92. The molecule has 0 fully saturated rings. The molecule has 0 spiro atoms. The number of rotatable bonds is 2. The van der Waals surface area contributed by atoms with E-state index in [9.17, 15) is 4.79 Å². The van der Waals surface area contributed by atoms with Crippen LogP contribution in [0.2, 0.25) is 5.02 Å². The topological polar surface area (TPSA) is 29.1 Å². The second kappa shape index (κ2) is 6.11. The van der Waals surface area contributed by atoms with Crippen LogP contribution in [0.15, 0.2) is 28.1 Å². The monoisotopic (exact) mass is 383 g/mol. The van der Waals surface area contributed by atoms with Gasteiger partial charge in [-0.25, -0.2) is 0 Å². The number of halogens is 2. The second-order valence-electron chi connectivity index (χ2n) is 5.31. The van der Waals surface area contributed by atoms with Crippen molar-refractivity contribution in [2.75, 3.05) is 5.32 Å². The Hall–Kier alpha value is -0.840. The summed E-state index contributed by atoms with van der Waals surface area (Å²) in [6.07, 6.45) is 3.07. The van der Waals surface area contributed by atoms with Crippen LogP contribution in [0, 0.1) is 6.92 Å². The molecule has 2 aromatic rings. The second-order valence-corrected chi connectivity index (χ2v) is 7.58. The fourth-order valence-corrected chi connectivity index (χ4v) is 4.43. The molecule has 1 amide bonds. The van der Waals surface area contributed by atoms with E-state index in [1.165, 1.54) is 10.4 Å². The van der Waals surface area contributed by atoms with E-state index in [2.05, 4.69) is 32.7 Å². The van der Waals surface area contributed by atoms with Crippen LogP contribution in [-0.2, 0) is 11.2 Å². The van der Waals surface area contributed by atoms with Gasteiger partial charge in [0.25, 0.3) is 0 Å². The third kappa shape index (κ3) is 3.03. The number of amides is 1. The van der Waals surface area contributed by atoms with Crippen LogP contribution in [0.25, 0.3) is 0 Å². The first-order chi connectivity index (χ1) is 10.1. The molecule has 1 heterocycles. The molecule has 0 aliphatic heterocycles. The molecule has 1 atom stereocenters. The third-order valence-corrected chi connectivity index (χ3v) is 5.93. The van der Waals surface area contributed by atoms with Crippen molar-refractivity contribution < 1.29 is 4.79 Å². The molecule has 2 nitrogen and oxygen atoms in total. The summed E-state index contributed by atoms with van der Waals surface area (Å²) < 4.78 is 0.860. The Balaban J connectivity index is 1.84. The summed E-state index contributed by atoms with van der Waals surface area (Å²) >= 11 is 11.4. The zero-order chi connectivity index (χ0) is 15.0. The third-order valence-electron chi connectivity index (χ3n) is 3.87. The highest BCUT2D eigenvalue weighted by atomic mass is 79.9. The molecular weight excluding hydrogens is 370 g/mol. The highest BCUT2D eigenvalue weighted by molar-refractivity contribution is 9.10. The number of fused-ring (bicyclic) bond motifs is 1.